The molecule has 1 fully saturated rings. The lowest BCUT2D eigenvalue weighted by Crippen LogP contribution is -2.49. The molecule has 0 radical (unpaired) electrons. The van der Waals surface area contributed by atoms with Gasteiger partial charge in [-0.1, -0.05) is 30.3 Å². The molecule has 4 rings (SSSR count). The molecule has 3 heterocycles. The average molecular weight is 410 g/mol. The first kappa shape index (κ1) is 19.2. The van der Waals surface area contributed by atoms with Gasteiger partial charge in [0.05, 0.1) is 21.6 Å². The smallest absolute Gasteiger partial charge is 0.410 e. The van der Waals surface area contributed by atoms with Crippen molar-refractivity contribution in [2.24, 2.45) is 0 Å². The van der Waals surface area contributed by atoms with Crippen molar-refractivity contribution in [1.29, 1.82) is 0 Å². The van der Waals surface area contributed by atoms with Crippen LogP contribution in [0.1, 0.15) is 22.2 Å². The first-order valence-corrected chi connectivity index (χ1v) is 10.2. The molecule has 150 valence electrons. The number of carbonyl (C=O) groups is 2. The van der Waals surface area contributed by atoms with Gasteiger partial charge in [0.15, 0.2) is 5.78 Å². The number of anilines is 2. The van der Waals surface area contributed by atoms with Crippen LogP contribution in [0.4, 0.5) is 16.2 Å². The Morgan fingerprint density at radius 3 is 2.55 bits per heavy atom. The van der Waals surface area contributed by atoms with Gasteiger partial charge in [-0.3, -0.25) is 4.79 Å². The monoisotopic (exact) mass is 410 g/mol. The van der Waals surface area contributed by atoms with E-state index >= 15 is 0 Å². The zero-order valence-corrected chi connectivity index (χ0v) is 16.9. The van der Waals surface area contributed by atoms with E-state index in [1.54, 1.807) is 11.1 Å². The first-order valence-electron chi connectivity index (χ1n) is 9.43. The summed E-state index contributed by atoms with van der Waals surface area (Å²) >= 11 is 1.32. The minimum absolute atomic E-state index is 0.0533. The number of nitrogen functional groups attached to an aromatic ring is 1. The first-order chi connectivity index (χ1) is 14.0. The summed E-state index contributed by atoms with van der Waals surface area (Å²) in [6.45, 7) is 4.21. The van der Waals surface area contributed by atoms with Crippen molar-refractivity contribution in [3.8, 4) is 0 Å². The molecule has 1 aromatic carbocycles. The summed E-state index contributed by atoms with van der Waals surface area (Å²) in [6.07, 6.45) is 1.43. The number of thiophene rings is 1. The van der Waals surface area contributed by atoms with E-state index in [4.69, 9.17) is 10.5 Å². The van der Waals surface area contributed by atoms with Crippen molar-refractivity contribution in [2.75, 3.05) is 36.8 Å². The van der Waals surface area contributed by atoms with Gasteiger partial charge in [-0.05, 0) is 11.6 Å². The molecule has 1 aliphatic heterocycles. The SMILES string of the molecule is CC(=O)c1sc2nccc(N3CCN(C(=O)OCc4ccccc4)CC3)c2c1N. The van der Waals surface area contributed by atoms with E-state index < -0.39 is 0 Å². The predicted molar refractivity (Wildman–Crippen MR) is 114 cm³/mol. The molecule has 8 heteroatoms. The van der Waals surface area contributed by atoms with Crippen LogP contribution >= 0.6 is 11.3 Å². The van der Waals surface area contributed by atoms with Gasteiger partial charge >= 0.3 is 6.09 Å². The topological polar surface area (TPSA) is 88.8 Å². The van der Waals surface area contributed by atoms with Crippen LogP contribution in [0.5, 0.6) is 0 Å². The van der Waals surface area contributed by atoms with Crippen LogP contribution in [0.3, 0.4) is 0 Å². The third kappa shape index (κ3) is 3.88. The van der Waals surface area contributed by atoms with Crippen LogP contribution in [0.2, 0.25) is 0 Å². The average Bonchev–Trinajstić information content (AvgIpc) is 3.10. The third-order valence-electron chi connectivity index (χ3n) is 5.01. The summed E-state index contributed by atoms with van der Waals surface area (Å²) in [4.78, 5) is 33.8. The predicted octanol–water partition coefficient (Wildman–Crippen LogP) is 3.54. The Kier molecular flexibility index (Phi) is 5.35. The largest absolute Gasteiger partial charge is 0.445 e. The van der Waals surface area contributed by atoms with E-state index in [1.165, 1.54) is 18.3 Å². The minimum atomic E-state index is -0.303. The molecule has 7 nitrogen and oxygen atoms in total. The number of pyridine rings is 1. The van der Waals surface area contributed by atoms with Gasteiger partial charge in [-0.25, -0.2) is 9.78 Å². The number of amides is 1. The molecule has 0 spiro atoms. The van der Waals surface area contributed by atoms with Crippen molar-refractivity contribution in [1.82, 2.24) is 9.88 Å². The Morgan fingerprint density at radius 1 is 1.14 bits per heavy atom. The van der Waals surface area contributed by atoms with Crippen LogP contribution in [-0.2, 0) is 11.3 Å². The fourth-order valence-corrected chi connectivity index (χ4v) is 4.47. The Labute approximate surface area is 172 Å². The summed E-state index contributed by atoms with van der Waals surface area (Å²) in [5.74, 6) is -0.0533. The zero-order chi connectivity index (χ0) is 20.4. The second-order valence-corrected chi connectivity index (χ2v) is 7.92. The number of piperazine rings is 1. The molecular weight excluding hydrogens is 388 g/mol. The quantitative estimate of drug-likeness (QED) is 0.662. The van der Waals surface area contributed by atoms with E-state index in [9.17, 15) is 9.59 Å². The van der Waals surface area contributed by atoms with Gasteiger partial charge in [0.25, 0.3) is 0 Å². The van der Waals surface area contributed by atoms with Crippen LogP contribution < -0.4 is 10.6 Å². The maximum absolute atomic E-state index is 12.4. The molecule has 0 atom stereocenters. The Bertz CT molecular complexity index is 1040. The number of ether oxygens (including phenoxy) is 1. The van der Waals surface area contributed by atoms with Gasteiger partial charge in [-0.2, -0.15) is 0 Å². The summed E-state index contributed by atoms with van der Waals surface area (Å²) in [5, 5.41) is 0.822. The highest BCUT2D eigenvalue weighted by atomic mass is 32.1. The van der Waals surface area contributed by atoms with Crippen LogP contribution in [-0.4, -0.2) is 47.9 Å². The maximum atomic E-state index is 12.4. The molecule has 0 aliphatic carbocycles. The highest BCUT2D eigenvalue weighted by Gasteiger charge is 2.25. The summed E-state index contributed by atoms with van der Waals surface area (Å²) in [7, 11) is 0. The standard InChI is InChI=1S/C21H22N4O3S/c1-14(26)19-18(22)17-16(7-8-23-20(17)29-19)24-9-11-25(12-10-24)21(27)28-13-15-5-3-2-4-6-15/h2-8H,9-13,22H2,1H3. The van der Waals surface area contributed by atoms with Gasteiger partial charge in [-0.15, -0.1) is 11.3 Å². The fourth-order valence-electron chi connectivity index (χ4n) is 3.49. The summed E-state index contributed by atoms with van der Waals surface area (Å²) in [5.41, 5.74) is 8.67. The molecule has 1 saturated heterocycles. The second kappa shape index (κ2) is 8.08. The van der Waals surface area contributed by atoms with Crippen molar-refractivity contribution >= 4 is 44.8 Å². The van der Waals surface area contributed by atoms with E-state index in [0.29, 0.717) is 36.7 Å². The molecular formula is C21H22N4O3S. The van der Waals surface area contributed by atoms with Gasteiger partial charge in [0.1, 0.15) is 11.4 Å². The lowest BCUT2D eigenvalue weighted by molar-refractivity contribution is 0.0941. The summed E-state index contributed by atoms with van der Waals surface area (Å²) < 4.78 is 5.43. The number of nitrogens with two attached hydrogens (primary N) is 1. The number of Topliss-reactive ketones (excluding diaryl/α,β-unsaturated/α-hetero) is 1. The molecule has 0 bridgehead atoms. The van der Waals surface area contributed by atoms with Crippen molar-refractivity contribution in [3.63, 3.8) is 0 Å². The number of aromatic nitrogens is 1. The van der Waals surface area contributed by atoms with Crippen molar-refractivity contribution < 1.29 is 14.3 Å². The van der Waals surface area contributed by atoms with E-state index in [1.807, 2.05) is 36.4 Å². The van der Waals surface area contributed by atoms with E-state index in [-0.39, 0.29) is 18.5 Å². The highest BCUT2D eigenvalue weighted by Crippen LogP contribution is 2.39. The number of fused-ring (bicyclic) bond motifs is 1. The van der Waals surface area contributed by atoms with Crippen molar-refractivity contribution in [3.05, 3.63) is 53.0 Å². The lowest BCUT2D eigenvalue weighted by Gasteiger charge is -2.35. The highest BCUT2D eigenvalue weighted by molar-refractivity contribution is 7.21. The normalized spacial score (nSPS) is 14.2. The number of nitrogens with zero attached hydrogens (tertiary/aromatic N) is 3. The molecule has 2 aromatic heterocycles. The molecule has 2 N–H and O–H groups in total. The Morgan fingerprint density at radius 2 is 1.86 bits per heavy atom. The number of benzene rings is 1. The molecule has 1 amide bonds. The fraction of sp³-hybridized carbons (Fsp3) is 0.286. The Balaban J connectivity index is 1.43. The number of hydrogen-bond donors (Lipinski definition) is 1. The number of carbonyl (C=O) groups excluding carboxylic acids is 2. The zero-order valence-electron chi connectivity index (χ0n) is 16.1. The maximum Gasteiger partial charge on any atom is 0.410 e. The molecule has 1 aliphatic rings. The molecule has 29 heavy (non-hydrogen) atoms. The van der Waals surface area contributed by atoms with Gasteiger partial charge in [0, 0.05) is 39.3 Å². The van der Waals surface area contributed by atoms with Crippen molar-refractivity contribution in [2.45, 2.75) is 13.5 Å². The number of rotatable bonds is 4. The van der Waals surface area contributed by atoms with E-state index in [0.717, 1.165) is 21.5 Å². The molecule has 0 saturated carbocycles. The number of hydrogen-bond acceptors (Lipinski definition) is 7. The lowest BCUT2D eigenvalue weighted by atomic mass is 10.1. The Hall–Kier alpha value is -3.13. The van der Waals surface area contributed by atoms with Crippen LogP contribution in [0, 0.1) is 0 Å². The summed E-state index contributed by atoms with van der Waals surface area (Å²) in [6, 6.07) is 11.6. The van der Waals surface area contributed by atoms with E-state index in [2.05, 4.69) is 9.88 Å². The molecule has 3 aromatic rings. The third-order valence-corrected chi connectivity index (χ3v) is 6.22. The van der Waals surface area contributed by atoms with Gasteiger partial charge in [0.2, 0.25) is 0 Å². The second-order valence-electron chi connectivity index (χ2n) is 6.93. The minimum Gasteiger partial charge on any atom is -0.445 e. The van der Waals surface area contributed by atoms with Crippen LogP contribution in [0.15, 0.2) is 42.6 Å². The van der Waals surface area contributed by atoms with Crippen LogP contribution in [0.25, 0.3) is 10.2 Å². The van der Waals surface area contributed by atoms with Gasteiger partial charge < -0.3 is 20.3 Å². The number of ketones is 1. The molecule has 0 unspecified atom stereocenters.